The van der Waals surface area contributed by atoms with E-state index in [-0.39, 0.29) is 28.0 Å². The number of alkyl halides is 1. The molecule has 4 heteroatoms. The molecule has 3 unspecified atom stereocenters. The van der Waals surface area contributed by atoms with Gasteiger partial charge in [0.2, 0.25) is 0 Å². The van der Waals surface area contributed by atoms with Crippen molar-refractivity contribution < 1.29 is 9.90 Å². The number of aliphatic carboxylic acids is 1. The van der Waals surface area contributed by atoms with Gasteiger partial charge in [0.15, 0.2) is 0 Å². The Morgan fingerprint density at radius 2 is 2.14 bits per heavy atom. The van der Waals surface area contributed by atoms with Crippen molar-refractivity contribution in [1.82, 2.24) is 0 Å². The zero-order valence-corrected chi connectivity index (χ0v) is 15.4. The molecule has 0 bridgehead atoms. The van der Waals surface area contributed by atoms with Gasteiger partial charge < -0.3 is 5.11 Å². The molecule has 3 atom stereocenters. The highest BCUT2D eigenvalue weighted by Gasteiger charge is 2.56. The molecule has 21 heavy (non-hydrogen) atoms. The minimum absolute atomic E-state index is 0.0211. The molecule has 1 fully saturated rings. The second kappa shape index (κ2) is 5.73. The third-order valence-electron chi connectivity index (χ3n) is 5.81. The van der Waals surface area contributed by atoms with Gasteiger partial charge in [-0.25, -0.2) is 0 Å². The molecule has 0 amide bonds. The zero-order chi connectivity index (χ0) is 16.0. The molecule has 2 rings (SSSR count). The first-order valence-corrected chi connectivity index (χ1v) is 8.79. The van der Waals surface area contributed by atoms with Crippen molar-refractivity contribution in [2.45, 2.75) is 57.7 Å². The molecule has 0 aromatic rings. The SMILES string of the molecule is C=C1CC(CC(=O)O)C(Br)C(C)(C)C12CCC(C)=C(Cl)C2. The summed E-state index contributed by atoms with van der Waals surface area (Å²) in [5.74, 6) is -0.636. The van der Waals surface area contributed by atoms with Gasteiger partial charge in [-0.2, -0.15) is 0 Å². The molecule has 0 radical (unpaired) electrons. The van der Waals surface area contributed by atoms with E-state index >= 15 is 0 Å². The number of allylic oxidation sites excluding steroid dienone is 3. The van der Waals surface area contributed by atoms with Crippen LogP contribution in [-0.4, -0.2) is 15.9 Å². The maximum Gasteiger partial charge on any atom is 0.303 e. The van der Waals surface area contributed by atoms with E-state index in [4.69, 9.17) is 16.7 Å². The number of hydrogen-bond donors (Lipinski definition) is 1. The van der Waals surface area contributed by atoms with Gasteiger partial charge in [-0.1, -0.05) is 59.1 Å². The molecule has 118 valence electrons. The van der Waals surface area contributed by atoms with E-state index < -0.39 is 5.97 Å². The minimum atomic E-state index is -0.735. The van der Waals surface area contributed by atoms with E-state index in [2.05, 4.69) is 43.3 Å². The van der Waals surface area contributed by atoms with Gasteiger partial charge in [0.25, 0.3) is 0 Å². The van der Waals surface area contributed by atoms with E-state index in [1.54, 1.807) is 0 Å². The van der Waals surface area contributed by atoms with Crippen LogP contribution < -0.4 is 0 Å². The van der Waals surface area contributed by atoms with Crippen molar-refractivity contribution in [3.8, 4) is 0 Å². The number of carbonyl (C=O) groups is 1. The molecule has 0 aromatic heterocycles. The predicted molar refractivity (Wildman–Crippen MR) is 90.8 cm³/mol. The second-order valence-electron chi connectivity index (χ2n) is 7.23. The lowest BCUT2D eigenvalue weighted by molar-refractivity contribution is -0.138. The van der Waals surface area contributed by atoms with Crippen LogP contribution in [0.5, 0.6) is 0 Å². The number of halogens is 2. The first-order chi connectivity index (χ1) is 9.61. The van der Waals surface area contributed by atoms with Crippen LogP contribution in [0.2, 0.25) is 0 Å². The molecule has 0 saturated heterocycles. The van der Waals surface area contributed by atoms with Crippen LogP contribution in [0, 0.1) is 16.7 Å². The van der Waals surface area contributed by atoms with Gasteiger partial charge in [-0.05, 0) is 43.9 Å². The number of rotatable bonds is 2. The van der Waals surface area contributed by atoms with E-state index in [1.165, 1.54) is 11.1 Å². The summed E-state index contributed by atoms with van der Waals surface area (Å²) >= 11 is 10.3. The molecule has 1 N–H and O–H groups in total. The highest BCUT2D eigenvalue weighted by molar-refractivity contribution is 9.09. The molecule has 1 saturated carbocycles. The Kier molecular flexibility index (Phi) is 4.66. The Bertz CT molecular complexity index is 509. The van der Waals surface area contributed by atoms with Crippen LogP contribution in [0.4, 0.5) is 0 Å². The second-order valence-corrected chi connectivity index (χ2v) is 8.68. The average Bonchev–Trinajstić information content (AvgIpc) is 2.38. The van der Waals surface area contributed by atoms with Gasteiger partial charge in [0.05, 0.1) is 0 Å². The fourth-order valence-electron chi connectivity index (χ4n) is 4.22. The monoisotopic (exact) mass is 374 g/mol. The van der Waals surface area contributed by atoms with Crippen molar-refractivity contribution in [3.63, 3.8) is 0 Å². The van der Waals surface area contributed by atoms with E-state index in [9.17, 15) is 4.79 Å². The molecule has 2 nitrogen and oxygen atoms in total. The fraction of sp³-hybridized carbons (Fsp3) is 0.706. The largest absolute Gasteiger partial charge is 0.481 e. The Morgan fingerprint density at radius 3 is 2.67 bits per heavy atom. The molecule has 2 aliphatic rings. The Hall–Kier alpha value is -0.280. The van der Waals surface area contributed by atoms with Crippen LogP contribution in [0.1, 0.15) is 52.9 Å². The van der Waals surface area contributed by atoms with Gasteiger partial charge in [-0.3, -0.25) is 4.79 Å². The molecule has 1 spiro atoms. The first-order valence-electron chi connectivity index (χ1n) is 7.50. The number of carboxylic acid groups (broad SMARTS) is 1. The summed E-state index contributed by atoms with van der Waals surface area (Å²) in [7, 11) is 0. The lowest BCUT2D eigenvalue weighted by Crippen LogP contribution is -2.53. The summed E-state index contributed by atoms with van der Waals surface area (Å²) in [5, 5.41) is 10.1. The smallest absolute Gasteiger partial charge is 0.303 e. The fourth-order valence-corrected chi connectivity index (χ4v) is 5.35. The highest BCUT2D eigenvalue weighted by Crippen LogP contribution is 2.64. The van der Waals surface area contributed by atoms with Crippen LogP contribution in [-0.2, 0) is 4.79 Å². The topological polar surface area (TPSA) is 37.3 Å². The van der Waals surface area contributed by atoms with Crippen LogP contribution in [0.15, 0.2) is 22.8 Å². The van der Waals surface area contributed by atoms with Gasteiger partial charge in [0, 0.05) is 21.7 Å². The average molecular weight is 376 g/mol. The summed E-state index contributed by atoms with van der Waals surface area (Å²) in [4.78, 5) is 11.3. The summed E-state index contributed by atoms with van der Waals surface area (Å²) in [6.07, 6.45) is 3.87. The third-order valence-corrected chi connectivity index (χ3v) is 8.15. The van der Waals surface area contributed by atoms with Gasteiger partial charge in [0.1, 0.15) is 0 Å². The lowest BCUT2D eigenvalue weighted by Gasteiger charge is -2.58. The van der Waals surface area contributed by atoms with E-state index in [0.29, 0.717) is 0 Å². The van der Waals surface area contributed by atoms with E-state index in [1.807, 2.05) is 0 Å². The summed E-state index contributed by atoms with van der Waals surface area (Å²) in [5.41, 5.74) is 2.38. The van der Waals surface area contributed by atoms with Crippen molar-refractivity contribution in [1.29, 1.82) is 0 Å². The Morgan fingerprint density at radius 1 is 1.52 bits per heavy atom. The maximum atomic E-state index is 11.1. The zero-order valence-electron chi connectivity index (χ0n) is 13.0. The highest BCUT2D eigenvalue weighted by atomic mass is 79.9. The predicted octanol–water partition coefficient (Wildman–Crippen LogP) is 5.51. The normalized spacial score (nSPS) is 36.1. The summed E-state index contributed by atoms with van der Waals surface area (Å²) in [6.45, 7) is 10.9. The third kappa shape index (κ3) is 2.72. The quantitative estimate of drug-likeness (QED) is 0.510. The summed E-state index contributed by atoms with van der Waals surface area (Å²) < 4.78 is 0. The van der Waals surface area contributed by atoms with Crippen LogP contribution in [0.25, 0.3) is 0 Å². The van der Waals surface area contributed by atoms with Crippen molar-refractivity contribution in [2.24, 2.45) is 16.7 Å². The van der Waals surface area contributed by atoms with Gasteiger partial charge in [-0.15, -0.1) is 0 Å². The lowest BCUT2D eigenvalue weighted by atomic mass is 9.49. The van der Waals surface area contributed by atoms with Crippen LogP contribution >= 0.6 is 27.5 Å². The minimum Gasteiger partial charge on any atom is -0.481 e. The molecule has 0 aliphatic heterocycles. The molecule has 0 aromatic carbocycles. The van der Waals surface area contributed by atoms with Crippen LogP contribution in [0.3, 0.4) is 0 Å². The standard InChI is InChI=1S/C17H24BrClO2/c1-10-5-6-17(9-13(10)19)11(2)7-12(8-14(20)21)15(18)16(17,3)4/h12,15H,2,5-9H2,1,3-4H3,(H,20,21). The van der Waals surface area contributed by atoms with Crippen molar-refractivity contribution >= 4 is 33.5 Å². The van der Waals surface area contributed by atoms with Crippen molar-refractivity contribution in [3.05, 3.63) is 22.8 Å². The maximum absolute atomic E-state index is 11.1. The first kappa shape index (κ1) is 17.1. The molecule has 2 aliphatic carbocycles. The Balaban J connectivity index is 2.37. The summed E-state index contributed by atoms with van der Waals surface area (Å²) in [6, 6.07) is 0. The van der Waals surface area contributed by atoms with Crippen molar-refractivity contribution in [2.75, 3.05) is 0 Å². The number of hydrogen-bond acceptors (Lipinski definition) is 1. The van der Waals surface area contributed by atoms with E-state index in [0.717, 1.165) is 30.7 Å². The molecule has 0 heterocycles. The Labute approximate surface area is 140 Å². The number of carboxylic acids is 1. The molecular formula is C17H24BrClO2. The molecular weight excluding hydrogens is 352 g/mol. The van der Waals surface area contributed by atoms with Gasteiger partial charge >= 0.3 is 5.97 Å².